The zero-order valence-electron chi connectivity index (χ0n) is 6.28. The summed E-state index contributed by atoms with van der Waals surface area (Å²) >= 11 is 0. The first-order valence-corrected chi connectivity index (χ1v) is 3.34. The Bertz CT molecular complexity index is 272. The van der Waals surface area contributed by atoms with Crippen LogP contribution in [0.5, 0.6) is 0 Å². The van der Waals surface area contributed by atoms with Gasteiger partial charge in [-0.3, -0.25) is 0 Å². The van der Waals surface area contributed by atoms with Gasteiger partial charge in [-0.15, -0.1) is 0 Å². The van der Waals surface area contributed by atoms with Gasteiger partial charge in [0.1, 0.15) is 13.2 Å². The summed E-state index contributed by atoms with van der Waals surface area (Å²) in [5.74, 6) is 0.649. The molecule has 0 saturated carbocycles. The predicted octanol–water partition coefficient (Wildman–Crippen LogP) is 0.848. The smallest absolute Gasteiger partial charge is 0.172 e. The molecule has 0 amide bonds. The summed E-state index contributed by atoms with van der Waals surface area (Å²) in [6.45, 7) is 0.826. The fourth-order valence-electron chi connectivity index (χ4n) is 0.788. The Morgan fingerprint density at radius 3 is 1.75 bits per heavy atom. The van der Waals surface area contributed by atoms with Gasteiger partial charge in [-0.2, -0.15) is 10.5 Å². The lowest BCUT2D eigenvalue weighted by atomic mass is 10.3. The molecule has 1 heterocycles. The van der Waals surface area contributed by atoms with Crippen molar-refractivity contribution in [3.05, 3.63) is 23.7 Å². The largest absolute Gasteiger partial charge is 0.485 e. The molecule has 60 valence electrons. The standard InChI is InChI=1S/C8H6N2O2/c9-3-1-7-8(2-4-10)12-6-5-11-7/h1-2H,5-6H2. The summed E-state index contributed by atoms with van der Waals surface area (Å²) in [5, 5.41) is 16.7. The van der Waals surface area contributed by atoms with Crippen molar-refractivity contribution in [3.8, 4) is 12.1 Å². The second-order valence-electron chi connectivity index (χ2n) is 1.97. The van der Waals surface area contributed by atoms with Crippen LogP contribution in [-0.2, 0) is 9.47 Å². The van der Waals surface area contributed by atoms with E-state index in [0.29, 0.717) is 24.7 Å². The van der Waals surface area contributed by atoms with E-state index in [1.54, 1.807) is 0 Å². The molecule has 1 fully saturated rings. The first-order chi connectivity index (χ1) is 5.88. The lowest BCUT2D eigenvalue weighted by Crippen LogP contribution is -2.13. The van der Waals surface area contributed by atoms with Crippen LogP contribution in [0, 0.1) is 22.7 Å². The summed E-state index contributed by atoms with van der Waals surface area (Å²) < 4.78 is 10.2. The molecule has 1 aliphatic rings. The molecule has 1 saturated heterocycles. The van der Waals surface area contributed by atoms with Crippen molar-refractivity contribution < 1.29 is 9.47 Å². The van der Waals surface area contributed by atoms with Crippen molar-refractivity contribution in [2.75, 3.05) is 13.2 Å². The first-order valence-electron chi connectivity index (χ1n) is 3.34. The van der Waals surface area contributed by atoms with E-state index in [1.807, 2.05) is 12.1 Å². The summed E-state index contributed by atoms with van der Waals surface area (Å²) in [4.78, 5) is 0. The fourth-order valence-corrected chi connectivity index (χ4v) is 0.788. The lowest BCUT2D eigenvalue weighted by Gasteiger charge is -2.18. The van der Waals surface area contributed by atoms with Gasteiger partial charge in [-0.1, -0.05) is 0 Å². The maximum atomic E-state index is 8.33. The Balaban J connectivity index is 2.84. The van der Waals surface area contributed by atoms with Gasteiger partial charge >= 0.3 is 0 Å². The average Bonchev–Trinajstić information content (AvgIpc) is 2.09. The Morgan fingerprint density at radius 1 is 1.00 bits per heavy atom. The molecule has 0 aromatic carbocycles. The molecule has 0 aliphatic carbocycles. The van der Waals surface area contributed by atoms with Crippen LogP contribution < -0.4 is 0 Å². The maximum Gasteiger partial charge on any atom is 0.172 e. The molecular weight excluding hydrogens is 156 g/mol. The van der Waals surface area contributed by atoms with Crippen LogP contribution in [0.3, 0.4) is 0 Å². The van der Waals surface area contributed by atoms with E-state index in [-0.39, 0.29) is 0 Å². The highest BCUT2D eigenvalue weighted by molar-refractivity contribution is 5.29. The van der Waals surface area contributed by atoms with Gasteiger partial charge in [0.15, 0.2) is 11.5 Å². The Kier molecular flexibility index (Phi) is 2.75. The third kappa shape index (κ3) is 1.77. The zero-order chi connectivity index (χ0) is 8.81. The minimum atomic E-state index is 0.324. The molecule has 12 heavy (non-hydrogen) atoms. The van der Waals surface area contributed by atoms with Gasteiger partial charge in [0, 0.05) is 0 Å². The van der Waals surface area contributed by atoms with E-state index in [4.69, 9.17) is 20.0 Å². The fraction of sp³-hybridized carbons (Fsp3) is 0.250. The van der Waals surface area contributed by atoms with E-state index < -0.39 is 0 Å². The summed E-state index contributed by atoms with van der Waals surface area (Å²) in [6, 6.07) is 3.62. The van der Waals surface area contributed by atoms with Crippen LogP contribution in [-0.4, -0.2) is 13.2 Å². The third-order valence-electron chi connectivity index (χ3n) is 1.23. The van der Waals surface area contributed by atoms with Crippen LogP contribution in [0.15, 0.2) is 23.7 Å². The molecule has 4 nitrogen and oxygen atoms in total. The number of ether oxygens (including phenoxy) is 2. The van der Waals surface area contributed by atoms with E-state index in [9.17, 15) is 0 Å². The molecule has 0 aromatic rings. The Labute approximate surface area is 69.9 Å². The van der Waals surface area contributed by atoms with Crippen LogP contribution in [0.4, 0.5) is 0 Å². The van der Waals surface area contributed by atoms with E-state index in [1.165, 1.54) is 12.2 Å². The minimum Gasteiger partial charge on any atom is -0.485 e. The zero-order valence-corrected chi connectivity index (χ0v) is 6.28. The number of hydrogen-bond donors (Lipinski definition) is 0. The molecule has 0 atom stereocenters. The monoisotopic (exact) mass is 162 g/mol. The second-order valence-corrected chi connectivity index (χ2v) is 1.97. The number of allylic oxidation sites excluding steroid dienone is 2. The van der Waals surface area contributed by atoms with Crippen molar-refractivity contribution in [1.29, 1.82) is 10.5 Å². The first kappa shape index (κ1) is 8.16. The van der Waals surface area contributed by atoms with Crippen molar-refractivity contribution in [2.24, 2.45) is 0 Å². The number of nitrogens with zero attached hydrogens (tertiary/aromatic N) is 2. The Hall–Kier alpha value is -1.94. The molecular formula is C8H6N2O2. The molecule has 1 rings (SSSR count). The van der Waals surface area contributed by atoms with Crippen LogP contribution in [0.25, 0.3) is 0 Å². The molecule has 0 spiro atoms. The second kappa shape index (κ2) is 4.05. The van der Waals surface area contributed by atoms with Gasteiger partial charge in [0.05, 0.1) is 24.3 Å². The number of nitriles is 2. The lowest BCUT2D eigenvalue weighted by molar-refractivity contribution is 0.0599. The van der Waals surface area contributed by atoms with Crippen molar-refractivity contribution in [1.82, 2.24) is 0 Å². The molecule has 0 bridgehead atoms. The maximum absolute atomic E-state index is 8.33. The van der Waals surface area contributed by atoms with Gasteiger partial charge < -0.3 is 9.47 Å². The normalized spacial score (nSPS) is 22.2. The molecule has 0 unspecified atom stereocenters. The highest BCUT2D eigenvalue weighted by Crippen LogP contribution is 2.16. The summed E-state index contributed by atoms with van der Waals surface area (Å²) in [6.07, 6.45) is 2.42. The molecule has 4 heteroatoms. The predicted molar refractivity (Wildman–Crippen MR) is 39.3 cm³/mol. The van der Waals surface area contributed by atoms with Crippen LogP contribution >= 0.6 is 0 Å². The van der Waals surface area contributed by atoms with Gasteiger partial charge in [0.25, 0.3) is 0 Å². The van der Waals surface area contributed by atoms with Gasteiger partial charge in [-0.25, -0.2) is 0 Å². The highest BCUT2D eigenvalue weighted by atomic mass is 16.6. The van der Waals surface area contributed by atoms with Crippen molar-refractivity contribution in [2.45, 2.75) is 0 Å². The van der Waals surface area contributed by atoms with E-state index >= 15 is 0 Å². The SMILES string of the molecule is N#CC=C1OCCOC1=CC#N. The quantitative estimate of drug-likeness (QED) is 0.495. The number of rotatable bonds is 0. The molecule has 0 aromatic heterocycles. The van der Waals surface area contributed by atoms with Crippen molar-refractivity contribution in [3.63, 3.8) is 0 Å². The number of hydrogen-bond acceptors (Lipinski definition) is 4. The summed E-state index contributed by atoms with van der Waals surface area (Å²) in [7, 11) is 0. The van der Waals surface area contributed by atoms with Crippen molar-refractivity contribution >= 4 is 0 Å². The Morgan fingerprint density at radius 2 is 1.42 bits per heavy atom. The summed E-state index contributed by atoms with van der Waals surface area (Å²) in [5.41, 5.74) is 0. The van der Waals surface area contributed by atoms with E-state index in [0.717, 1.165) is 0 Å². The van der Waals surface area contributed by atoms with E-state index in [2.05, 4.69) is 0 Å². The van der Waals surface area contributed by atoms with Crippen LogP contribution in [0.1, 0.15) is 0 Å². The highest BCUT2D eigenvalue weighted by Gasteiger charge is 2.13. The average molecular weight is 162 g/mol. The van der Waals surface area contributed by atoms with Gasteiger partial charge in [0.2, 0.25) is 0 Å². The molecule has 0 radical (unpaired) electrons. The van der Waals surface area contributed by atoms with Crippen LogP contribution in [0.2, 0.25) is 0 Å². The third-order valence-corrected chi connectivity index (χ3v) is 1.23. The molecule has 1 aliphatic heterocycles. The minimum absolute atomic E-state index is 0.324. The molecule has 0 N–H and O–H groups in total. The topological polar surface area (TPSA) is 66.0 Å². The van der Waals surface area contributed by atoms with Gasteiger partial charge in [-0.05, 0) is 0 Å².